The zero-order chi connectivity index (χ0) is 16.1. The molecular weight excluding hydrogens is 274 g/mol. The van der Waals surface area contributed by atoms with Gasteiger partial charge in [-0.3, -0.25) is 0 Å². The van der Waals surface area contributed by atoms with Crippen molar-refractivity contribution in [2.75, 3.05) is 0 Å². The van der Waals surface area contributed by atoms with Crippen LogP contribution in [0.5, 0.6) is 5.75 Å². The maximum atomic E-state index is 10.5. The second-order valence-electron chi connectivity index (χ2n) is 6.79. The smallest absolute Gasteiger partial charge is 0.162 e. The first kappa shape index (κ1) is 14.6. The van der Waals surface area contributed by atoms with Gasteiger partial charge in [-0.25, -0.2) is 9.67 Å². The minimum absolute atomic E-state index is 0.212. The van der Waals surface area contributed by atoms with Gasteiger partial charge in [-0.2, -0.15) is 5.10 Å². The van der Waals surface area contributed by atoms with E-state index in [-0.39, 0.29) is 11.3 Å². The summed E-state index contributed by atoms with van der Waals surface area (Å²) in [4.78, 5) is 4.51. The van der Waals surface area contributed by atoms with Crippen molar-refractivity contribution in [3.63, 3.8) is 0 Å². The van der Waals surface area contributed by atoms with Crippen molar-refractivity contribution in [3.05, 3.63) is 41.6 Å². The molecule has 0 aliphatic rings. The van der Waals surface area contributed by atoms with Crippen LogP contribution in [0.3, 0.4) is 0 Å². The number of fused-ring (bicyclic) bond motifs is 1. The zero-order valence-corrected chi connectivity index (χ0v) is 13.7. The Morgan fingerprint density at radius 1 is 1.05 bits per heavy atom. The summed E-state index contributed by atoms with van der Waals surface area (Å²) in [7, 11) is 0. The highest BCUT2D eigenvalue weighted by Gasteiger charge is 2.24. The SMILES string of the molecule is Cc1ccc(-c2nn(C(C)(C)C)c3ncc(C)c(O)c23)cc1. The number of benzene rings is 1. The molecule has 3 rings (SSSR count). The molecule has 0 bridgehead atoms. The molecule has 4 nitrogen and oxygen atoms in total. The van der Waals surface area contributed by atoms with Crippen molar-refractivity contribution < 1.29 is 5.11 Å². The van der Waals surface area contributed by atoms with E-state index in [0.717, 1.165) is 22.2 Å². The predicted molar refractivity (Wildman–Crippen MR) is 89.1 cm³/mol. The van der Waals surface area contributed by atoms with Crippen LogP contribution in [0.4, 0.5) is 0 Å². The molecule has 0 saturated carbocycles. The fourth-order valence-corrected chi connectivity index (χ4v) is 2.54. The Morgan fingerprint density at radius 2 is 1.68 bits per heavy atom. The molecule has 3 aromatic rings. The van der Waals surface area contributed by atoms with E-state index in [0.29, 0.717) is 5.65 Å². The Morgan fingerprint density at radius 3 is 2.27 bits per heavy atom. The molecule has 2 heterocycles. The second-order valence-corrected chi connectivity index (χ2v) is 6.79. The molecular formula is C18H21N3O. The quantitative estimate of drug-likeness (QED) is 0.733. The zero-order valence-electron chi connectivity index (χ0n) is 13.7. The van der Waals surface area contributed by atoms with E-state index in [1.807, 2.05) is 23.7 Å². The van der Waals surface area contributed by atoms with Crippen LogP contribution < -0.4 is 0 Å². The summed E-state index contributed by atoms with van der Waals surface area (Å²) in [5.74, 6) is 0.260. The van der Waals surface area contributed by atoms with E-state index in [1.54, 1.807) is 6.20 Å². The Balaban J connectivity index is 2.39. The van der Waals surface area contributed by atoms with E-state index < -0.39 is 0 Å². The van der Waals surface area contributed by atoms with Gasteiger partial charge < -0.3 is 5.11 Å². The molecule has 0 amide bonds. The van der Waals surface area contributed by atoms with Crippen LogP contribution in [0.2, 0.25) is 0 Å². The van der Waals surface area contributed by atoms with Crippen molar-refractivity contribution in [2.45, 2.75) is 40.2 Å². The molecule has 1 aromatic carbocycles. The summed E-state index contributed by atoms with van der Waals surface area (Å²) >= 11 is 0. The van der Waals surface area contributed by atoms with Gasteiger partial charge >= 0.3 is 0 Å². The lowest BCUT2D eigenvalue weighted by Crippen LogP contribution is -2.23. The first-order chi connectivity index (χ1) is 10.3. The van der Waals surface area contributed by atoms with Crippen LogP contribution in [-0.4, -0.2) is 19.9 Å². The molecule has 0 aliphatic carbocycles. The summed E-state index contributed by atoms with van der Waals surface area (Å²) < 4.78 is 1.89. The Hall–Kier alpha value is -2.36. The van der Waals surface area contributed by atoms with Gasteiger partial charge in [0.25, 0.3) is 0 Å². The average Bonchev–Trinajstić information content (AvgIpc) is 2.84. The minimum Gasteiger partial charge on any atom is -0.507 e. The summed E-state index contributed by atoms with van der Waals surface area (Å²) in [6.07, 6.45) is 1.69. The first-order valence-electron chi connectivity index (χ1n) is 7.44. The van der Waals surface area contributed by atoms with Crippen molar-refractivity contribution in [1.29, 1.82) is 0 Å². The molecule has 2 aromatic heterocycles. The fraction of sp³-hybridized carbons (Fsp3) is 0.333. The number of hydrogen-bond acceptors (Lipinski definition) is 3. The number of rotatable bonds is 1. The number of hydrogen-bond donors (Lipinski definition) is 1. The highest BCUT2D eigenvalue weighted by atomic mass is 16.3. The topological polar surface area (TPSA) is 50.9 Å². The van der Waals surface area contributed by atoms with Crippen molar-refractivity contribution >= 4 is 11.0 Å². The Kier molecular flexibility index (Phi) is 3.20. The molecule has 0 unspecified atom stereocenters. The molecule has 0 fully saturated rings. The van der Waals surface area contributed by atoms with Crippen molar-refractivity contribution in [1.82, 2.24) is 14.8 Å². The number of nitrogens with zero attached hydrogens (tertiary/aromatic N) is 3. The average molecular weight is 295 g/mol. The highest BCUT2D eigenvalue weighted by Crippen LogP contribution is 2.37. The monoisotopic (exact) mass is 295 g/mol. The van der Waals surface area contributed by atoms with Gasteiger partial charge in [0.2, 0.25) is 0 Å². The van der Waals surface area contributed by atoms with Crippen LogP contribution in [0.25, 0.3) is 22.3 Å². The number of pyridine rings is 1. The Bertz CT molecular complexity index is 839. The number of aromatic nitrogens is 3. The third-order valence-corrected chi connectivity index (χ3v) is 3.81. The second kappa shape index (κ2) is 4.83. The molecule has 22 heavy (non-hydrogen) atoms. The lowest BCUT2D eigenvalue weighted by atomic mass is 10.1. The predicted octanol–water partition coefficient (Wildman–Crippen LogP) is 4.18. The Labute approximate surface area is 130 Å². The maximum absolute atomic E-state index is 10.5. The summed E-state index contributed by atoms with van der Waals surface area (Å²) in [5.41, 5.74) is 4.22. The largest absolute Gasteiger partial charge is 0.507 e. The molecule has 4 heteroatoms. The van der Waals surface area contributed by atoms with Gasteiger partial charge in [-0.1, -0.05) is 29.8 Å². The lowest BCUT2D eigenvalue weighted by molar-refractivity contribution is 0.366. The minimum atomic E-state index is -0.212. The van der Waals surface area contributed by atoms with Gasteiger partial charge in [0.15, 0.2) is 5.65 Å². The lowest BCUT2D eigenvalue weighted by Gasteiger charge is -2.19. The normalized spacial score (nSPS) is 12.0. The number of aromatic hydroxyl groups is 1. The maximum Gasteiger partial charge on any atom is 0.162 e. The third kappa shape index (κ3) is 2.25. The van der Waals surface area contributed by atoms with Crippen LogP contribution >= 0.6 is 0 Å². The number of aryl methyl sites for hydroxylation is 2. The van der Waals surface area contributed by atoms with Gasteiger partial charge in [-0.15, -0.1) is 0 Å². The van der Waals surface area contributed by atoms with Crippen LogP contribution in [0.15, 0.2) is 30.5 Å². The molecule has 1 N–H and O–H groups in total. The molecule has 0 atom stereocenters. The molecule has 0 saturated heterocycles. The van der Waals surface area contributed by atoms with E-state index in [2.05, 4.69) is 44.8 Å². The summed E-state index contributed by atoms with van der Waals surface area (Å²) in [5, 5.41) is 16.0. The fourth-order valence-electron chi connectivity index (χ4n) is 2.54. The van der Waals surface area contributed by atoms with Crippen molar-refractivity contribution in [3.8, 4) is 17.0 Å². The molecule has 0 spiro atoms. The summed E-state index contributed by atoms with van der Waals surface area (Å²) in [6, 6.07) is 8.17. The van der Waals surface area contributed by atoms with Crippen LogP contribution in [-0.2, 0) is 5.54 Å². The van der Waals surface area contributed by atoms with Gasteiger partial charge in [0.1, 0.15) is 11.4 Å². The van der Waals surface area contributed by atoms with E-state index in [1.165, 1.54) is 5.56 Å². The summed E-state index contributed by atoms with van der Waals surface area (Å²) in [6.45, 7) is 10.2. The van der Waals surface area contributed by atoms with Gasteiger partial charge in [-0.05, 0) is 34.6 Å². The van der Waals surface area contributed by atoms with Gasteiger partial charge in [0, 0.05) is 17.3 Å². The van der Waals surface area contributed by atoms with Crippen LogP contribution in [0.1, 0.15) is 31.9 Å². The highest BCUT2D eigenvalue weighted by molar-refractivity contribution is 5.96. The van der Waals surface area contributed by atoms with Gasteiger partial charge in [0.05, 0.1) is 10.9 Å². The first-order valence-corrected chi connectivity index (χ1v) is 7.44. The molecule has 114 valence electrons. The van der Waals surface area contributed by atoms with Crippen LogP contribution in [0, 0.1) is 13.8 Å². The van der Waals surface area contributed by atoms with E-state index in [4.69, 9.17) is 5.10 Å². The molecule has 0 aliphatic heterocycles. The standard InChI is InChI=1S/C18H21N3O/c1-11-6-8-13(9-7-11)15-14-16(22)12(2)10-19-17(14)21(20-15)18(3,4)5/h6-10H,1-5H3,(H,19,22). The van der Waals surface area contributed by atoms with Crippen molar-refractivity contribution in [2.24, 2.45) is 0 Å². The molecule has 0 radical (unpaired) electrons. The third-order valence-electron chi connectivity index (χ3n) is 3.81. The van der Waals surface area contributed by atoms with E-state index >= 15 is 0 Å². The van der Waals surface area contributed by atoms with E-state index in [9.17, 15) is 5.11 Å².